The summed E-state index contributed by atoms with van der Waals surface area (Å²) in [7, 11) is 0. The number of carbonyl (C=O) groups excluding carboxylic acids is 1. The van der Waals surface area contributed by atoms with Gasteiger partial charge in [0, 0.05) is 0 Å². The monoisotopic (exact) mass is 358 g/mol. The normalized spacial score (nSPS) is 11.2. The largest absolute Gasteiger partial charge is 0.395 e. The summed E-state index contributed by atoms with van der Waals surface area (Å²) in [6.07, 6.45) is 0. The van der Waals surface area contributed by atoms with Crippen molar-refractivity contribution in [1.29, 1.82) is 0 Å². The number of nitrogens with zero attached hydrogens (tertiary/aromatic N) is 2. The Labute approximate surface area is 147 Å². The van der Waals surface area contributed by atoms with Crippen LogP contribution in [-0.2, 0) is 13.1 Å². The third-order valence-corrected chi connectivity index (χ3v) is 5.54. The molecule has 2 aromatic heterocycles. The number of ketones is 1. The van der Waals surface area contributed by atoms with Gasteiger partial charge in [-0.15, -0.1) is 11.3 Å². The van der Waals surface area contributed by atoms with Crippen molar-refractivity contribution in [3.05, 3.63) is 67.2 Å². The molecule has 130 valence electrons. The van der Waals surface area contributed by atoms with E-state index in [4.69, 9.17) is 0 Å². The van der Waals surface area contributed by atoms with Crippen molar-refractivity contribution in [3.63, 3.8) is 0 Å². The lowest BCUT2D eigenvalue weighted by Gasteiger charge is -2.11. The molecule has 0 bridgehead atoms. The van der Waals surface area contributed by atoms with Crippen LogP contribution < -0.4 is 11.2 Å². The maximum Gasteiger partial charge on any atom is 0.332 e. The van der Waals surface area contributed by atoms with Crippen molar-refractivity contribution in [2.24, 2.45) is 0 Å². The number of carbonyl (C=O) groups is 1. The summed E-state index contributed by atoms with van der Waals surface area (Å²) in [5.41, 5.74) is 0.563. The summed E-state index contributed by atoms with van der Waals surface area (Å²) in [5.74, 6) is -0.134. The molecule has 1 N–H and O–H groups in total. The fraction of sp³-hybridized carbons (Fsp3) is 0.278. The molecule has 1 aromatic carbocycles. The summed E-state index contributed by atoms with van der Waals surface area (Å²) >= 11 is 1.17. The van der Waals surface area contributed by atoms with Crippen LogP contribution in [0.2, 0.25) is 0 Å². The van der Waals surface area contributed by atoms with Gasteiger partial charge in [-0.05, 0) is 25.0 Å². The molecule has 0 aliphatic heterocycles. The van der Waals surface area contributed by atoms with Crippen LogP contribution in [0.25, 0.3) is 10.2 Å². The van der Waals surface area contributed by atoms with Gasteiger partial charge < -0.3 is 5.11 Å². The molecule has 6 nitrogen and oxygen atoms in total. The van der Waals surface area contributed by atoms with Gasteiger partial charge in [0.1, 0.15) is 4.83 Å². The smallest absolute Gasteiger partial charge is 0.332 e. The van der Waals surface area contributed by atoms with Crippen molar-refractivity contribution in [3.8, 4) is 0 Å². The molecular weight excluding hydrogens is 340 g/mol. The maximum atomic E-state index is 12.8. The first kappa shape index (κ1) is 17.3. The van der Waals surface area contributed by atoms with E-state index in [9.17, 15) is 19.5 Å². The van der Waals surface area contributed by atoms with Gasteiger partial charge in [-0.1, -0.05) is 30.3 Å². The summed E-state index contributed by atoms with van der Waals surface area (Å²) < 4.78 is 2.54. The first-order chi connectivity index (χ1) is 12.0. The van der Waals surface area contributed by atoms with E-state index < -0.39 is 11.2 Å². The molecule has 0 atom stereocenters. The Bertz CT molecular complexity index is 1060. The Hall–Kier alpha value is -2.51. The van der Waals surface area contributed by atoms with Crippen LogP contribution in [-0.4, -0.2) is 26.6 Å². The zero-order valence-corrected chi connectivity index (χ0v) is 14.8. The highest BCUT2D eigenvalue weighted by molar-refractivity contribution is 7.20. The van der Waals surface area contributed by atoms with Crippen LogP contribution >= 0.6 is 11.3 Å². The highest BCUT2D eigenvalue weighted by Gasteiger charge is 2.21. The first-order valence-corrected chi connectivity index (χ1v) is 8.69. The molecule has 0 amide bonds. The Morgan fingerprint density at radius 2 is 1.84 bits per heavy atom. The fourth-order valence-corrected chi connectivity index (χ4v) is 4.12. The number of aliphatic hydroxyl groups excluding tert-OH is 1. The van der Waals surface area contributed by atoms with Gasteiger partial charge in [0.25, 0.3) is 5.56 Å². The fourth-order valence-electron chi connectivity index (χ4n) is 2.93. The lowest BCUT2D eigenvalue weighted by molar-refractivity contribution is 0.102. The van der Waals surface area contributed by atoms with Crippen LogP contribution in [0.5, 0.6) is 0 Å². The number of thiophene rings is 1. The SMILES string of the molecule is CC(=O)c1sc2c(c1C)c(=O)n(CCO)c(=O)n2Cc1ccccc1. The van der Waals surface area contributed by atoms with Crippen molar-refractivity contribution in [2.45, 2.75) is 26.9 Å². The van der Waals surface area contributed by atoms with Crippen molar-refractivity contribution in [2.75, 3.05) is 6.61 Å². The first-order valence-electron chi connectivity index (χ1n) is 7.88. The molecule has 0 radical (unpaired) electrons. The van der Waals surface area contributed by atoms with E-state index in [-0.39, 0.29) is 18.9 Å². The maximum absolute atomic E-state index is 12.8. The van der Waals surface area contributed by atoms with Crippen molar-refractivity contribution < 1.29 is 9.90 Å². The van der Waals surface area contributed by atoms with E-state index in [2.05, 4.69) is 0 Å². The highest BCUT2D eigenvalue weighted by atomic mass is 32.1. The molecule has 0 aliphatic rings. The van der Waals surface area contributed by atoms with Crippen molar-refractivity contribution >= 4 is 27.3 Å². The summed E-state index contributed by atoms with van der Waals surface area (Å²) in [5, 5.41) is 9.60. The van der Waals surface area contributed by atoms with Crippen LogP contribution in [0.3, 0.4) is 0 Å². The minimum absolute atomic E-state index is 0.0763. The molecule has 0 fully saturated rings. The number of aryl methyl sites for hydroxylation is 1. The van der Waals surface area contributed by atoms with Crippen LogP contribution in [0.4, 0.5) is 0 Å². The molecule has 25 heavy (non-hydrogen) atoms. The van der Waals surface area contributed by atoms with Gasteiger partial charge in [-0.3, -0.25) is 18.7 Å². The van der Waals surface area contributed by atoms with Gasteiger partial charge in [-0.25, -0.2) is 4.79 Å². The zero-order valence-electron chi connectivity index (χ0n) is 14.0. The summed E-state index contributed by atoms with van der Waals surface area (Å²) in [4.78, 5) is 38.4. The third kappa shape index (κ3) is 2.96. The second-order valence-corrected chi connectivity index (χ2v) is 6.83. The molecule has 7 heteroatoms. The number of hydrogen-bond donors (Lipinski definition) is 1. The van der Waals surface area contributed by atoms with Gasteiger partial charge in [0.05, 0.1) is 30.0 Å². The van der Waals surface area contributed by atoms with E-state index in [0.717, 1.165) is 10.1 Å². The Kier molecular flexibility index (Phi) is 4.69. The number of rotatable bonds is 5. The molecule has 3 rings (SSSR count). The number of fused-ring (bicyclic) bond motifs is 1. The molecule has 2 heterocycles. The number of aliphatic hydroxyl groups is 1. The average Bonchev–Trinajstić information content (AvgIpc) is 2.94. The van der Waals surface area contributed by atoms with Gasteiger partial charge in [-0.2, -0.15) is 0 Å². The molecule has 0 spiro atoms. The molecule has 0 saturated heterocycles. The minimum atomic E-state index is -0.480. The second kappa shape index (κ2) is 6.78. The highest BCUT2D eigenvalue weighted by Crippen LogP contribution is 2.28. The quantitative estimate of drug-likeness (QED) is 0.705. The summed E-state index contributed by atoms with van der Waals surface area (Å²) in [6.45, 7) is 3.07. The molecule has 0 saturated carbocycles. The average molecular weight is 358 g/mol. The lowest BCUT2D eigenvalue weighted by atomic mass is 10.1. The van der Waals surface area contributed by atoms with Crippen LogP contribution in [0.1, 0.15) is 27.7 Å². The number of Topliss-reactive ketones (excluding diaryl/α,β-unsaturated/α-hetero) is 1. The topological polar surface area (TPSA) is 81.3 Å². The number of hydrogen-bond acceptors (Lipinski definition) is 5. The van der Waals surface area contributed by atoms with Gasteiger partial charge in [0.2, 0.25) is 0 Å². The molecule has 0 aliphatic carbocycles. The zero-order chi connectivity index (χ0) is 18.1. The lowest BCUT2D eigenvalue weighted by Crippen LogP contribution is -2.40. The molecule has 0 unspecified atom stereocenters. The Morgan fingerprint density at radius 3 is 2.44 bits per heavy atom. The number of benzene rings is 1. The molecular formula is C18H18N2O4S. The van der Waals surface area contributed by atoms with E-state index in [0.29, 0.717) is 27.2 Å². The number of aromatic nitrogens is 2. The Balaban J connectivity index is 2.37. The standard InChI is InChI=1S/C18H18N2O4S/c1-11-14-16(23)19(8-9-21)18(24)20(10-13-6-4-3-5-7-13)17(14)25-15(11)12(2)22/h3-7,21H,8-10H2,1-2H3. The summed E-state index contributed by atoms with van der Waals surface area (Å²) in [6, 6.07) is 9.43. The van der Waals surface area contributed by atoms with Crippen molar-refractivity contribution in [1.82, 2.24) is 9.13 Å². The Morgan fingerprint density at radius 1 is 1.16 bits per heavy atom. The van der Waals surface area contributed by atoms with Gasteiger partial charge >= 0.3 is 5.69 Å². The van der Waals surface area contributed by atoms with E-state index >= 15 is 0 Å². The second-order valence-electron chi connectivity index (χ2n) is 5.83. The van der Waals surface area contributed by atoms with E-state index in [1.165, 1.54) is 22.8 Å². The predicted octanol–water partition coefficient (Wildman–Crippen LogP) is 1.78. The van der Waals surface area contributed by atoms with E-state index in [1.807, 2.05) is 30.3 Å². The minimum Gasteiger partial charge on any atom is -0.395 e. The third-order valence-electron chi connectivity index (χ3n) is 4.12. The van der Waals surface area contributed by atoms with Crippen LogP contribution in [0, 0.1) is 6.92 Å². The van der Waals surface area contributed by atoms with Gasteiger partial charge in [0.15, 0.2) is 5.78 Å². The molecule has 3 aromatic rings. The predicted molar refractivity (Wildman–Crippen MR) is 97.7 cm³/mol. The van der Waals surface area contributed by atoms with E-state index in [1.54, 1.807) is 6.92 Å². The van der Waals surface area contributed by atoms with Crippen LogP contribution in [0.15, 0.2) is 39.9 Å².